The summed E-state index contributed by atoms with van der Waals surface area (Å²) in [5.74, 6) is 5.64. The third-order valence-electron chi connectivity index (χ3n) is 11.7. The van der Waals surface area contributed by atoms with E-state index in [9.17, 15) is 4.79 Å². The van der Waals surface area contributed by atoms with Crippen molar-refractivity contribution in [2.45, 2.75) is 118 Å². The van der Waals surface area contributed by atoms with Gasteiger partial charge in [-0.3, -0.25) is 0 Å². The minimum Gasteiger partial charge on any atom is -0.430 e. The average Bonchev–Trinajstić information content (AvgIpc) is 3.23. The summed E-state index contributed by atoms with van der Waals surface area (Å²) >= 11 is 0. The Morgan fingerprint density at radius 1 is 0.974 bits per heavy atom. The molecular formula is C35H52O3. The summed E-state index contributed by atoms with van der Waals surface area (Å²) < 4.78 is 11.3. The number of ether oxygens (including phenoxy) is 2. The first-order chi connectivity index (χ1) is 18.1. The van der Waals surface area contributed by atoms with Gasteiger partial charge in [0.25, 0.3) is 0 Å². The van der Waals surface area contributed by atoms with Crippen molar-refractivity contribution in [1.82, 2.24) is 0 Å². The van der Waals surface area contributed by atoms with Crippen LogP contribution in [0, 0.1) is 53.3 Å². The monoisotopic (exact) mass is 520 g/mol. The van der Waals surface area contributed by atoms with Gasteiger partial charge in [-0.1, -0.05) is 83.2 Å². The lowest BCUT2D eigenvalue weighted by atomic mass is 9.47. The molecule has 0 radical (unpaired) electrons. The molecule has 0 saturated heterocycles. The third kappa shape index (κ3) is 5.33. The highest BCUT2D eigenvalue weighted by Gasteiger charge is 2.59. The van der Waals surface area contributed by atoms with Crippen molar-refractivity contribution < 1.29 is 14.3 Å². The fourth-order valence-electron chi connectivity index (χ4n) is 9.62. The fraction of sp³-hybridized carbons (Fsp3) is 0.743. The molecule has 0 aromatic heterocycles. The van der Waals surface area contributed by atoms with Gasteiger partial charge in [-0.05, 0) is 110 Å². The quantitative estimate of drug-likeness (QED) is 0.204. The molecule has 210 valence electrons. The third-order valence-corrected chi connectivity index (χ3v) is 11.7. The lowest BCUT2D eigenvalue weighted by Crippen LogP contribution is -2.51. The second-order valence-corrected chi connectivity index (χ2v) is 14.4. The van der Waals surface area contributed by atoms with Crippen molar-refractivity contribution in [3.05, 3.63) is 41.5 Å². The number of benzene rings is 1. The number of allylic oxidation sites excluding steroid dienone is 1. The van der Waals surface area contributed by atoms with E-state index >= 15 is 0 Å². The second-order valence-electron chi connectivity index (χ2n) is 14.4. The molecule has 1 aromatic carbocycles. The van der Waals surface area contributed by atoms with E-state index in [-0.39, 0.29) is 11.5 Å². The van der Waals surface area contributed by atoms with E-state index in [0.717, 1.165) is 60.3 Å². The summed E-state index contributed by atoms with van der Waals surface area (Å²) in [6, 6.07) is 7.56. The highest BCUT2D eigenvalue weighted by Crippen LogP contribution is 2.67. The Labute approximate surface area is 232 Å². The molecule has 0 heterocycles. The summed E-state index contributed by atoms with van der Waals surface area (Å²) in [6.45, 7) is 14.5. The second kappa shape index (κ2) is 11.0. The van der Waals surface area contributed by atoms with Gasteiger partial charge < -0.3 is 9.47 Å². The Morgan fingerprint density at radius 2 is 1.74 bits per heavy atom. The minimum atomic E-state index is -0.565. The van der Waals surface area contributed by atoms with E-state index in [2.05, 4.69) is 40.7 Å². The van der Waals surface area contributed by atoms with E-state index in [1.54, 1.807) is 5.57 Å². The Balaban J connectivity index is 1.21. The highest BCUT2D eigenvalue weighted by atomic mass is 16.7. The van der Waals surface area contributed by atoms with Crippen LogP contribution in [0.25, 0.3) is 0 Å². The molecule has 3 nitrogen and oxygen atoms in total. The van der Waals surface area contributed by atoms with Gasteiger partial charge in [-0.2, -0.15) is 0 Å². The SMILES string of the molecule is Cc1ccc(OC(=O)O[C@@H]2CC[C@@]3(C)C(=CC[C@H]4[C@@H]5CC[C@H]([C@H](C)CCCC(C)C)[C@@]5(C)CC[C@@H]43)C2)cc1. The van der Waals surface area contributed by atoms with Crippen LogP contribution in [-0.4, -0.2) is 12.3 Å². The van der Waals surface area contributed by atoms with Crippen molar-refractivity contribution in [3.8, 4) is 5.75 Å². The number of fused-ring (bicyclic) bond motifs is 5. The summed E-state index contributed by atoms with van der Waals surface area (Å²) in [6.07, 6.45) is 16.0. The van der Waals surface area contributed by atoms with Gasteiger partial charge in [0.05, 0.1) is 0 Å². The van der Waals surface area contributed by atoms with Crippen LogP contribution in [0.4, 0.5) is 4.79 Å². The Kier molecular flexibility index (Phi) is 8.05. The summed E-state index contributed by atoms with van der Waals surface area (Å²) in [7, 11) is 0. The van der Waals surface area contributed by atoms with E-state index in [1.165, 1.54) is 51.4 Å². The molecule has 0 N–H and O–H groups in total. The summed E-state index contributed by atoms with van der Waals surface area (Å²) in [4.78, 5) is 12.5. The van der Waals surface area contributed by atoms with Gasteiger partial charge in [-0.15, -0.1) is 0 Å². The molecule has 0 amide bonds. The molecule has 8 atom stereocenters. The highest BCUT2D eigenvalue weighted by molar-refractivity contribution is 5.64. The molecule has 5 rings (SSSR count). The van der Waals surface area contributed by atoms with Crippen LogP contribution in [0.2, 0.25) is 0 Å². The van der Waals surface area contributed by atoms with E-state index in [1.807, 2.05) is 31.2 Å². The number of hydrogen-bond donors (Lipinski definition) is 0. The maximum atomic E-state index is 12.5. The van der Waals surface area contributed by atoms with Crippen molar-refractivity contribution in [3.63, 3.8) is 0 Å². The van der Waals surface area contributed by atoms with Gasteiger partial charge in [0.15, 0.2) is 0 Å². The number of carbonyl (C=O) groups excluding carboxylic acids is 1. The molecule has 1 aromatic rings. The molecule has 3 fully saturated rings. The van der Waals surface area contributed by atoms with Crippen molar-refractivity contribution >= 4 is 6.16 Å². The van der Waals surface area contributed by atoms with Crippen molar-refractivity contribution in [1.29, 1.82) is 0 Å². The number of carbonyl (C=O) groups is 1. The van der Waals surface area contributed by atoms with Crippen LogP contribution in [0.3, 0.4) is 0 Å². The Bertz CT molecular complexity index is 1010. The van der Waals surface area contributed by atoms with Crippen LogP contribution >= 0.6 is 0 Å². The van der Waals surface area contributed by atoms with Gasteiger partial charge in [0.1, 0.15) is 11.9 Å². The fourth-order valence-corrected chi connectivity index (χ4v) is 9.62. The molecule has 0 spiro atoms. The number of hydrogen-bond acceptors (Lipinski definition) is 3. The van der Waals surface area contributed by atoms with Crippen molar-refractivity contribution in [2.24, 2.45) is 46.3 Å². The zero-order valence-electron chi connectivity index (χ0n) is 24.9. The van der Waals surface area contributed by atoms with Crippen LogP contribution in [0.1, 0.15) is 111 Å². The maximum Gasteiger partial charge on any atom is 0.514 e. The van der Waals surface area contributed by atoms with E-state index in [4.69, 9.17) is 9.47 Å². The Hall–Kier alpha value is -1.77. The maximum absolute atomic E-state index is 12.5. The zero-order valence-corrected chi connectivity index (χ0v) is 24.9. The normalized spacial score (nSPS) is 37.0. The standard InChI is InChI=1S/C35H52O3/c1-23(2)8-7-9-25(4)30-16-17-31-29-15-12-26-22-28(38-33(36)37-27-13-10-24(3)11-14-27)18-20-34(26,5)32(29)19-21-35(30,31)6/h10-14,23,25,28-32H,7-9,15-22H2,1-6H3/t25-,28-,29+,30-,31+,32+,34+,35-/m1/s1. The summed E-state index contributed by atoms with van der Waals surface area (Å²) in [5.41, 5.74) is 3.50. The predicted molar refractivity (Wildman–Crippen MR) is 155 cm³/mol. The summed E-state index contributed by atoms with van der Waals surface area (Å²) in [5, 5.41) is 0. The Morgan fingerprint density at radius 3 is 2.47 bits per heavy atom. The molecule has 38 heavy (non-hydrogen) atoms. The zero-order chi connectivity index (χ0) is 27.1. The molecule has 4 aliphatic carbocycles. The molecule has 0 aliphatic heterocycles. The van der Waals surface area contributed by atoms with E-state index in [0.29, 0.717) is 11.2 Å². The smallest absolute Gasteiger partial charge is 0.430 e. The average molecular weight is 521 g/mol. The van der Waals surface area contributed by atoms with Crippen LogP contribution in [0.15, 0.2) is 35.9 Å². The van der Waals surface area contributed by atoms with Crippen LogP contribution < -0.4 is 4.74 Å². The predicted octanol–water partition coefficient (Wildman–Crippen LogP) is 9.92. The largest absolute Gasteiger partial charge is 0.514 e. The van der Waals surface area contributed by atoms with Gasteiger partial charge >= 0.3 is 6.16 Å². The minimum absolute atomic E-state index is 0.0692. The lowest BCUT2D eigenvalue weighted by Gasteiger charge is -2.58. The molecule has 0 unspecified atom stereocenters. The van der Waals surface area contributed by atoms with Crippen LogP contribution in [-0.2, 0) is 4.74 Å². The first kappa shape index (κ1) is 27.8. The van der Waals surface area contributed by atoms with Gasteiger partial charge in [0, 0.05) is 6.42 Å². The molecule has 3 saturated carbocycles. The topological polar surface area (TPSA) is 35.5 Å². The molecule has 4 aliphatic rings. The lowest BCUT2D eigenvalue weighted by molar-refractivity contribution is -0.0597. The number of rotatable bonds is 7. The van der Waals surface area contributed by atoms with Gasteiger partial charge in [0.2, 0.25) is 0 Å². The number of aryl methyl sites for hydroxylation is 1. The molecular weight excluding hydrogens is 468 g/mol. The first-order valence-corrected chi connectivity index (χ1v) is 15.7. The van der Waals surface area contributed by atoms with Gasteiger partial charge in [-0.25, -0.2) is 4.79 Å². The van der Waals surface area contributed by atoms with Crippen LogP contribution in [0.5, 0.6) is 5.75 Å². The van der Waals surface area contributed by atoms with E-state index < -0.39 is 6.16 Å². The van der Waals surface area contributed by atoms with Crippen molar-refractivity contribution in [2.75, 3.05) is 0 Å². The molecule has 0 bridgehead atoms. The molecule has 3 heteroatoms. The first-order valence-electron chi connectivity index (χ1n) is 15.7.